The molecule has 0 spiro atoms. The van der Waals surface area contributed by atoms with Crippen molar-refractivity contribution < 1.29 is 32.0 Å². The fourth-order valence-electron chi connectivity index (χ4n) is 4.14. The number of aryl methyl sites for hydroxylation is 2. The number of phenolic OH excluding ortho intramolecular Hbond substituents is 1. The van der Waals surface area contributed by atoms with Crippen LogP contribution < -0.4 is 8.91 Å². The van der Waals surface area contributed by atoms with Crippen molar-refractivity contribution in [3.05, 3.63) is 53.1 Å². The van der Waals surface area contributed by atoms with Gasteiger partial charge in [-0.25, -0.2) is 0 Å². The summed E-state index contributed by atoms with van der Waals surface area (Å²) >= 11 is 1.13. The lowest BCUT2D eigenvalue weighted by Crippen LogP contribution is -2.47. The molecule has 1 aliphatic rings. The van der Waals surface area contributed by atoms with Gasteiger partial charge in [-0.3, -0.25) is 9.59 Å². The Morgan fingerprint density at radius 3 is 2.41 bits per heavy atom. The first kappa shape index (κ1) is 29.0. The first-order chi connectivity index (χ1) is 17.1. The van der Waals surface area contributed by atoms with Crippen molar-refractivity contribution >= 4 is 33.8 Å². The molecule has 2 N–H and O–H groups in total. The molecule has 0 saturated carbocycles. The van der Waals surface area contributed by atoms with Crippen LogP contribution in [0.4, 0.5) is 0 Å². The van der Waals surface area contributed by atoms with Crippen LogP contribution in [0.3, 0.4) is 0 Å². The summed E-state index contributed by atoms with van der Waals surface area (Å²) in [6.45, 7) is 11.2. The van der Waals surface area contributed by atoms with Crippen LogP contribution in [0, 0.1) is 6.92 Å². The third-order valence-electron chi connectivity index (χ3n) is 6.13. The largest absolute Gasteiger partial charge is 0.508 e. The van der Waals surface area contributed by atoms with Crippen molar-refractivity contribution in [2.45, 2.75) is 82.0 Å². The van der Waals surface area contributed by atoms with E-state index in [0.717, 1.165) is 22.9 Å². The molecule has 8 nitrogen and oxygen atoms in total. The van der Waals surface area contributed by atoms with Crippen LogP contribution in [0.5, 0.6) is 11.5 Å². The second-order valence-electron chi connectivity index (χ2n) is 10.6. The quantitative estimate of drug-likeness (QED) is 0.344. The van der Waals surface area contributed by atoms with E-state index >= 15 is 0 Å². The monoisotopic (exact) mass is 549 g/mol. The van der Waals surface area contributed by atoms with Crippen molar-refractivity contribution in [1.29, 1.82) is 0 Å². The second-order valence-corrected chi connectivity index (χ2v) is 13.1. The normalized spacial score (nSPS) is 20.5. The highest BCUT2D eigenvalue weighted by atomic mass is 32.2. The van der Waals surface area contributed by atoms with Gasteiger partial charge in [-0.05, 0) is 73.1 Å². The standard InChI is InChI=1S/C27H35NO7S2/c1-7-28-37(32,33)35-22-15-20(26(3,4)5)23(14-17(22)2)36-24-21(30)16-27(6,34-25(24)31)13-12-18-8-10-19(29)11-9-18/h8-11,14-15,24,28-29H,7,12-13,16H2,1-6H3. The van der Waals surface area contributed by atoms with Crippen molar-refractivity contribution in [2.24, 2.45) is 0 Å². The predicted octanol–water partition coefficient (Wildman–Crippen LogP) is 4.60. The van der Waals surface area contributed by atoms with Crippen molar-refractivity contribution in [3.8, 4) is 11.5 Å². The number of carbonyl (C=O) groups excluding carboxylic acids is 2. The number of esters is 1. The lowest BCUT2D eigenvalue weighted by atomic mass is 9.86. The molecule has 0 amide bonds. The lowest BCUT2D eigenvalue weighted by Gasteiger charge is -2.36. The molecule has 0 aliphatic carbocycles. The number of phenols is 1. The summed E-state index contributed by atoms with van der Waals surface area (Å²) in [5.41, 5.74) is 0.960. The predicted molar refractivity (Wildman–Crippen MR) is 143 cm³/mol. The average Bonchev–Trinajstić information content (AvgIpc) is 2.76. The summed E-state index contributed by atoms with van der Waals surface area (Å²) in [4.78, 5) is 26.9. The molecule has 2 aromatic rings. The zero-order chi connectivity index (χ0) is 27.6. The van der Waals surface area contributed by atoms with E-state index in [-0.39, 0.29) is 30.2 Å². The maximum absolute atomic E-state index is 13.2. The van der Waals surface area contributed by atoms with E-state index in [1.165, 1.54) is 0 Å². The Bertz CT molecular complexity index is 1250. The van der Waals surface area contributed by atoms with E-state index in [1.54, 1.807) is 57.2 Å². The van der Waals surface area contributed by atoms with Gasteiger partial charge in [0.1, 0.15) is 17.1 Å². The molecule has 1 fully saturated rings. The Morgan fingerprint density at radius 2 is 1.84 bits per heavy atom. The molecule has 1 heterocycles. The van der Waals surface area contributed by atoms with Crippen LogP contribution in [0.25, 0.3) is 0 Å². The molecular weight excluding hydrogens is 514 g/mol. The summed E-state index contributed by atoms with van der Waals surface area (Å²) in [5, 5.41) is 8.45. The second kappa shape index (κ2) is 11.0. The van der Waals surface area contributed by atoms with E-state index in [0.29, 0.717) is 23.3 Å². The Morgan fingerprint density at radius 1 is 1.19 bits per heavy atom. The Hall–Kier alpha value is -2.56. The van der Waals surface area contributed by atoms with Crippen LogP contribution in [-0.2, 0) is 36.5 Å². The van der Waals surface area contributed by atoms with Crippen molar-refractivity contribution in [3.63, 3.8) is 0 Å². The maximum Gasteiger partial charge on any atom is 0.382 e. The van der Waals surface area contributed by atoms with Crippen LogP contribution in [-0.4, -0.2) is 42.7 Å². The van der Waals surface area contributed by atoms with Crippen LogP contribution in [0.1, 0.15) is 64.2 Å². The minimum Gasteiger partial charge on any atom is -0.508 e. The molecule has 10 heteroatoms. The molecule has 1 aliphatic heterocycles. The molecule has 1 saturated heterocycles. The highest BCUT2D eigenvalue weighted by molar-refractivity contribution is 8.01. The van der Waals surface area contributed by atoms with Gasteiger partial charge in [-0.2, -0.15) is 13.1 Å². The Balaban J connectivity index is 1.80. The zero-order valence-corrected chi connectivity index (χ0v) is 23.7. The van der Waals surface area contributed by atoms with Crippen LogP contribution >= 0.6 is 11.8 Å². The minimum atomic E-state index is -3.97. The molecule has 0 aromatic heterocycles. The fourth-order valence-corrected chi connectivity index (χ4v) is 6.31. The van der Waals surface area contributed by atoms with E-state index in [9.17, 15) is 23.1 Å². The number of ketones is 1. The molecule has 2 aromatic carbocycles. The Kier molecular flexibility index (Phi) is 8.66. The molecular formula is C27H35NO7S2. The van der Waals surface area contributed by atoms with Gasteiger partial charge in [-0.1, -0.05) is 39.8 Å². The minimum absolute atomic E-state index is 0.0977. The van der Waals surface area contributed by atoms with E-state index < -0.39 is 32.5 Å². The molecule has 37 heavy (non-hydrogen) atoms. The van der Waals surface area contributed by atoms with Gasteiger partial charge < -0.3 is 14.0 Å². The molecule has 202 valence electrons. The first-order valence-corrected chi connectivity index (χ1v) is 14.5. The van der Waals surface area contributed by atoms with Crippen molar-refractivity contribution in [1.82, 2.24) is 4.72 Å². The zero-order valence-electron chi connectivity index (χ0n) is 22.1. The van der Waals surface area contributed by atoms with Gasteiger partial charge in [-0.15, -0.1) is 11.8 Å². The highest BCUT2D eigenvalue weighted by Crippen LogP contribution is 2.42. The molecule has 0 bridgehead atoms. The number of Topliss-reactive ketones (excluding diaryl/α,β-unsaturated/α-hetero) is 1. The molecule has 2 unspecified atom stereocenters. The number of nitrogens with one attached hydrogen (secondary N) is 1. The molecule has 3 rings (SSSR count). The first-order valence-electron chi connectivity index (χ1n) is 12.2. The molecule has 0 radical (unpaired) electrons. The topological polar surface area (TPSA) is 119 Å². The highest BCUT2D eigenvalue weighted by Gasteiger charge is 2.44. The number of carbonyl (C=O) groups is 2. The number of cyclic esters (lactones) is 1. The Labute approximate surface area is 223 Å². The van der Waals surface area contributed by atoms with E-state index in [1.807, 2.05) is 20.8 Å². The summed E-state index contributed by atoms with van der Waals surface area (Å²) in [6.07, 6.45) is 1.17. The number of hydrogen-bond acceptors (Lipinski definition) is 8. The van der Waals surface area contributed by atoms with Crippen LogP contribution in [0.15, 0.2) is 41.3 Å². The number of ether oxygens (including phenoxy) is 1. The van der Waals surface area contributed by atoms with E-state index in [4.69, 9.17) is 8.92 Å². The number of thioether (sulfide) groups is 1. The number of rotatable bonds is 9. The summed E-state index contributed by atoms with van der Waals surface area (Å²) in [7, 11) is -3.97. The van der Waals surface area contributed by atoms with Gasteiger partial charge in [0.05, 0.1) is 0 Å². The van der Waals surface area contributed by atoms with Gasteiger partial charge in [0, 0.05) is 17.9 Å². The smallest absolute Gasteiger partial charge is 0.382 e. The van der Waals surface area contributed by atoms with Gasteiger partial charge in [0.15, 0.2) is 11.0 Å². The number of hydrogen-bond donors (Lipinski definition) is 2. The average molecular weight is 550 g/mol. The third-order valence-corrected chi connectivity index (χ3v) is 8.46. The third kappa shape index (κ3) is 7.49. The van der Waals surface area contributed by atoms with Crippen molar-refractivity contribution in [2.75, 3.05) is 6.54 Å². The summed E-state index contributed by atoms with van der Waals surface area (Å²) < 4.78 is 37.7. The summed E-state index contributed by atoms with van der Waals surface area (Å²) in [5.74, 6) is -0.420. The SMILES string of the molecule is CCNS(=O)(=O)Oc1cc(C(C)(C)C)c(SC2C(=O)CC(C)(CCc3ccc(O)cc3)OC2=O)cc1C. The lowest BCUT2D eigenvalue weighted by molar-refractivity contribution is -0.167. The van der Waals surface area contributed by atoms with Crippen LogP contribution in [0.2, 0.25) is 0 Å². The number of benzene rings is 2. The van der Waals surface area contributed by atoms with Gasteiger partial charge in [0.25, 0.3) is 0 Å². The summed E-state index contributed by atoms with van der Waals surface area (Å²) in [6, 6.07) is 10.2. The fraction of sp³-hybridized carbons (Fsp3) is 0.481. The van der Waals surface area contributed by atoms with E-state index in [2.05, 4.69) is 4.72 Å². The van der Waals surface area contributed by atoms with Gasteiger partial charge >= 0.3 is 16.3 Å². The molecule has 2 atom stereocenters. The number of aromatic hydroxyl groups is 1. The van der Waals surface area contributed by atoms with Gasteiger partial charge in [0.2, 0.25) is 0 Å². The maximum atomic E-state index is 13.2.